The summed E-state index contributed by atoms with van der Waals surface area (Å²) in [7, 11) is 2.87. The lowest BCUT2D eigenvalue weighted by Crippen LogP contribution is -2.68. The summed E-state index contributed by atoms with van der Waals surface area (Å²) < 4.78 is 13.9. The highest BCUT2D eigenvalue weighted by Crippen LogP contribution is 2.47. The molecule has 0 bridgehead atoms. The smallest absolute Gasteiger partial charge is 0.340 e. The molecule has 2 fully saturated rings. The molecule has 0 aromatic carbocycles. The molecule has 2 aliphatic rings. The van der Waals surface area contributed by atoms with Crippen LogP contribution >= 0.6 is 0 Å². The fraction of sp³-hybridized carbons (Fsp3) is 0.500. The third kappa shape index (κ3) is 1.36. The van der Waals surface area contributed by atoms with Crippen molar-refractivity contribution in [1.29, 1.82) is 0 Å². The van der Waals surface area contributed by atoms with E-state index >= 15 is 0 Å². The Bertz CT molecular complexity index is 888. The first kappa shape index (κ1) is 13.7. The molecule has 0 saturated carbocycles. The molecule has 4 rings (SSSR count). The molecule has 118 valence electrons. The van der Waals surface area contributed by atoms with Crippen LogP contribution in [0.25, 0.3) is 11.0 Å². The van der Waals surface area contributed by atoms with Crippen LogP contribution in [-0.2, 0) is 39.3 Å². The highest BCUT2D eigenvalue weighted by atomic mass is 17.3. The zero-order chi connectivity index (χ0) is 15.7. The number of fused-ring (bicyclic) bond motifs is 1. The molecule has 0 radical (unpaired) electrons. The predicted molar refractivity (Wildman–Crippen MR) is 69.4 cm³/mol. The standard InChI is InChI=1S/C12H13N3O7/c1-13-7-3-4-15(8(7)9(16)14(2)10(13)17)11(18)12(22-21-11)19-5-6-20-12/h3-4,18H,5-6H2,1-2H3. The Morgan fingerprint density at radius 2 is 1.82 bits per heavy atom. The fourth-order valence-corrected chi connectivity index (χ4v) is 2.73. The van der Waals surface area contributed by atoms with E-state index in [0.717, 1.165) is 9.13 Å². The van der Waals surface area contributed by atoms with Crippen molar-refractivity contribution in [3.63, 3.8) is 0 Å². The molecule has 4 heterocycles. The monoisotopic (exact) mass is 311 g/mol. The van der Waals surface area contributed by atoms with Crippen molar-refractivity contribution in [2.45, 2.75) is 11.9 Å². The van der Waals surface area contributed by atoms with Crippen molar-refractivity contribution in [2.24, 2.45) is 14.1 Å². The Hall–Kier alpha value is -1.98. The minimum absolute atomic E-state index is 0.0638. The molecule has 2 aliphatic heterocycles. The average Bonchev–Trinajstić information content (AvgIpc) is 3.17. The van der Waals surface area contributed by atoms with Gasteiger partial charge in [0.1, 0.15) is 5.52 Å². The summed E-state index contributed by atoms with van der Waals surface area (Å²) in [6.07, 6.45) is 1.40. The highest BCUT2D eigenvalue weighted by Gasteiger charge is 2.72. The number of rotatable bonds is 1. The number of ether oxygens (including phenoxy) is 2. The maximum atomic E-state index is 12.4. The molecule has 10 nitrogen and oxygen atoms in total. The van der Waals surface area contributed by atoms with Crippen molar-refractivity contribution >= 4 is 11.0 Å². The van der Waals surface area contributed by atoms with Gasteiger partial charge in [0.05, 0.1) is 18.7 Å². The van der Waals surface area contributed by atoms with Crippen LogP contribution < -0.4 is 11.2 Å². The average molecular weight is 311 g/mol. The molecule has 1 unspecified atom stereocenters. The summed E-state index contributed by atoms with van der Waals surface area (Å²) in [4.78, 5) is 34.0. The van der Waals surface area contributed by atoms with Crippen LogP contribution in [-0.4, -0.2) is 38.0 Å². The quantitative estimate of drug-likeness (QED) is 0.626. The third-order valence-corrected chi connectivity index (χ3v) is 3.97. The molecule has 22 heavy (non-hydrogen) atoms. The lowest BCUT2D eigenvalue weighted by molar-refractivity contribution is -0.724. The van der Waals surface area contributed by atoms with Crippen LogP contribution in [0, 0.1) is 0 Å². The van der Waals surface area contributed by atoms with Gasteiger partial charge in [-0.05, 0) is 6.07 Å². The Morgan fingerprint density at radius 1 is 1.14 bits per heavy atom. The second-order valence-corrected chi connectivity index (χ2v) is 5.15. The Morgan fingerprint density at radius 3 is 2.41 bits per heavy atom. The minimum atomic E-state index is -2.16. The summed E-state index contributed by atoms with van der Waals surface area (Å²) in [6, 6.07) is 1.51. The molecule has 1 N–H and O–H groups in total. The molecule has 2 aromatic rings. The zero-order valence-electron chi connectivity index (χ0n) is 11.8. The molecule has 10 heteroatoms. The number of aromatic nitrogens is 3. The lowest BCUT2D eigenvalue weighted by Gasteiger charge is -2.47. The van der Waals surface area contributed by atoms with Crippen molar-refractivity contribution in [1.82, 2.24) is 13.7 Å². The number of hydrogen-bond donors (Lipinski definition) is 1. The van der Waals surface area contributed by atoms with Gasteiger partial charge in [-0.2, -0.15) is 9.78 Å². The SMILES string of the molecule is Cn1c(=O)c2c(ccn2C2(O)OOC23OCCO3)n(C)c1=O. The van der Waals surface area contributed by atoms with Gasteiger partial charge in [-0.25, -0.2) is 4.79 Å². The van der Waals surface area contributed by atoms with E-state index < -0.39 is 23.1 Å². The van der Waals surface area contributed by atoms with E-state index in [0.29, 0.717) is 5.52 Å². The molecule has 2 aromatic heterocycles. The van der Waals surface area contributed by atoms with Gasteiger partial charge in [-0.15, -0.1) is 0 Å². The third-order valence-electron chi connectivity index (χ3n) is 3.97. The fourth-order valence-electron chi connectivity index (χ4n) is 2.73. The molecule has 1 atom stereocenters. The van der Waals surface area contributed by atoms with Crippen molar-refractivity contribution in [2.75, 3.05) is 13.2 Å². The normalized spacial score (nSPS) is 26.7. The molecular formula is C12H13N3O7. The van der Waals surface area contributed by atoms with Gasteiger partial charge in [0.25, 0.3) is 5.56 Å². The van der Waals surface area contributed by atoms with Gasteiger partial charge in [-0.3, -0.25) is 18.5 Å². The van der Waals surface area contributed by atoms with Gasteiger partial charge in [0, 0.05) is 20.3 Å². The van der Waals surface area contributed by atoms with Gasteiger partial charge >= 0.3 is 17.6 Å². The first-order chi connectivity index (χ1) is 10.4. The van der Waals surface area contributed by atoms with Crippen LogP contribution in [0.5, 0.6) is 0 Å². The second-order valence-electron chi connectivity index (χ2n) is 5.15. The van der Waals surface area contributed by atoms with E-state index in [1.54, 1.807) is 0 Å². The van der Waals surface area contributed by atoms with E-state index in [1.807, 2.05) is 0 Å². The first-order valence-corrected chi connectivity index (χ1v) is 6.56. The largest absolute Gasteiger partial charge is 0.392 e. The summed E-state index contributed by atoms with van der Waals surface area (Å²) in [5.74, 6) is -3.98. The summed E-state index contributed by atoms with van der Waals surface area (Å²) in [5.41, 5.74) is -0.657. The van der Waals surface area contributed by atoms with Crippen LogP contribution in [0.3, 0.4) is 0 Å². The Kier molecular flexibility index (Phi) is 2.52. The summed E-state index contributed by atoms with van der Waals surface area (Å²) in [5, 5.41) is 10.7. The van der Waals surface area contributed by atoms with E-state index in [1.165, 1.54) is 30.9 Å². The van der Waals surface area contributed by atoms with Crippen molar-refractivity contribution < 1.29 is 24.4 Å². The predicted octanol–water partition coefficient (Wildman–Crippen LogP) is -1.70. The van der Waals surface area contributed by atoms with E-state index in [4.69, 9.17) is 19.2 Å². The number of nitrogens with zero attached hydrogens (tertiary/aromatic N) is 3. The molecule has 1 spiro atoms. The number of aryl methyl sites for hydroxylation is 1. The van der Waals surface area contributed by atoms with E-state index in [2.05, 4.69) is 0 Å². The molecule has 2 saturated heterocycles. The van der Waals surface area contributed by atoms with E-state index in [9.17, 15) is 14.7 Å². The second kappa shape index (κ2) is 4.06. The van der Waals surface area contributed by atoms with Gasteiger partial charge in [-0.1, -0.05) is 0 Å². The summed E-state index contributed by atoms with van der Waals surface area (Å²) in [6.45, 7) is 0.419. The summed E-state index contributed by atoms with van der Waals surface area (Å²) >= 11 is 0. The first-order valence-electron chi connectivity index (χ1n) is 6.56. The van der Waals surface area contributed by atoms with Gasteiger partial charge in [0.15, 0.2) is 0 Å². The highest BCUT2D eigenvalue weighted by molar-refractivity contribution is 5.75. The molecule has 0 amide bonds. The number of hydrogen-bond acceptors (Lipinski definition) is 7. The maximum absolute atomic E-state index is 12.4. The molecule has 0 aliphatic carbocycles. The van der Waals surface area contributed by atoms with Crippen molar-refractivity contribution in [3.05, 3.63) is 33.1 Å². The van der Waals surface area contributed by atoms with Crippen LogP contribution in [0.15, 0.2) is 21.9 Å². The van der Waals surface area contributed by atoms with Crippen LogP contribution in [0.2, 0.25) is 0 Å². The molecular weight excluding hydrogens is 298 g/mol. The lowest BCUT2D eigenvalue weighted by atomic mass is 10.3. The maximum Gasteiger partial charge on any atom is 0.392 e. The zero-order valence-corrected chi connectivity index (χ0v) is 11.8. The van der Waals surface area contributed by atoms with Crippen LogP contribution in [0.4, 0.5) is 0 Å². The van der Waals surface area contributed by atoms with E-state index in [-0.39, 0.29) is 18.7 Å². The Labute approximate surface area is 122 Å². The number of aliphatic hydroxyl groups is 1. The topological polar surface area (TPSA) is 106 Å². The minimum Gasteiger partial charge on any atom is -0.340 e. The Balaban J connectivity index is 2.02. The van der Waals surface area contributed by atoms with Gasteiger partial charge in [0.2, 0.25) is 0 Å². The van der Waals surface area contributed by atoms with Crippen LogP contribution in [0.1, 0.15) is 0 Å². The van der Waals surface area contributed by atoms with Crippen molar-refractivity contribution in [3.8, 4) is 0 Å². The van der Waals surface area contributed by atoms with Gasteiger partial charge < -0.3 is 14.6 Å².